The average molecular weight is 513 g/mol. The number of hydrogen-bond acceptors (Lipinski definition) is 7. The molecule has 2 fully saturated rings. The van der Waals surface area contributed by atoms with Crippen LogP contribution < -0.4 is 10.1 Å². The van der Waals surface area contributed by atoms with E-state index in [4.69, 9.17) is 4.74 Å². The number of aryl methyl sites for hydroxylation is 1. The Hall–Kier alpha value is -3.89. The average Bonchev–Trinajstić information content (AvgIpc) is 3.19. The minimum absolute atomic E-state index is 0.0971. The number of nitrogens with zero attached hydrogens (tertiary/aromatic N) is 5. The zero-order valence-electron chi connectivity index (χ0n) is 21.1. The van der Waals surface area contributed by atoms with Crippen LogP contribution in [0.1, 0.15) is 50.4 Å². The first-order valence-corrected chi connectivity index (χ1v) is 12.0. The van der Waals surface area contributed by atoms with Crippen LogP contribution >= 0.6 is 0 Å². The van der Waals surface area contributed by atoms with Crippen molar-refractivity contribution >= 4 is 30.0 Å². The smallest absolute Gasteiger partial charge is 0.329 e. The van der Waals surface area contributed by atoms with Gasteiger partial charge in [-0.3, -0.25) is 25.0 Å². The fraction of sp³-hybridized carbons (Fsp3) is 0.423. The lowest BCUT2D eigenvalue weighted by atomic mass is 9.72. The minimum atomic E-state index is -2.74. The maximum atomic E-state index is 13.6. The normalized spacial score (nSPS) is 18.6. The summed E-state index contributed by atoms with van der Waals surface area (Å²) in [4.78, 5) is 35.6. The van der Waals surface area contributed by atoms with Gasteiger partial charge in [-0.2, -0.15) is 5.10 Å². The number of ether oxygens (including phenoxy) is 1. The third-order valence-electron chi connectivity index (χ3n) is 6.94. The molecule has 3 heterocycles. The molecule has 1 aliphatic heterocycles. The monoisotopic (exact) mass is 512 g/mol. The molecule has 37 heavy (non-hydrogen) atoms. The van der Waals surface area contributed by atoms with Gasteiger partial charge in [0, 0.05) is 51.6 Å². The van der Waals surface area contributed by atoms with Gasteiger partial charge in [-0.15, -0.1) is 0 Å². The molecule has 1 N–H and O–H groups in total. The Morgan fingerprint density at radius 2 is 1.97 bits per heavy atom. The lowest BCUT2D eigenvalue weighted by Gasteiger charge is -2.35. The number of hydrazone groups is 1. The molecule has 2 aromatic rings. The molecule has 11 heteroatoms. The first-order chi connectivity index (χ1) is 17.5. The number of nitrogens with one attached hydrogen (secondary N) is 1. The van der Waals surface area contributed by atoms with Crippen molar-refractivity contribution in [3.05, 3.63) is 48.1 Å². The van der Waals surface area contributed by atoms with E-state index in [1.165, 1.54) is 0 Å². The Bertz CT molecular complexity index is 1240. The molecular formula is C26H30F2N6O3. The van der Waals surface area contributed by atoms with Crippen LogP contribution in [0.25, 0.3) is 5.57 Å². The molecule has 0 bridgehead atoms. The number of aromatic nitrogens is 2. The Balaban J connectivity index is 1.40. The molecule has 0 atom stereocenters. The van der Waals surface area contributed by atoms with E-state index in [9.17, 15) is 18.4 Å². The number of rotatable bonds is 6. The molecule has 2 aliphatic rings. The summed E-state index contributed by atoms with van der Waals surface area (Å²) in [5, 5.41) is 8.03. The molecule has 1 spiro atoms. The van der Waals surface area contributed by atoms with Crippen LogP contribution in [0.3, 0.4) is 0 Å². The van der Waals surface area contributed by atoms with Gasteiger partial charge in [-0.05, 0) is 56.9 Å². The maximum Gasteiger partial charge on any atom is 0.329 e. The van der Waals surface area contributed by atoms with Crippen molar-refractivity contribution in [2.24, 2.45) is 10.5 Å². The topological polar surface area (TPSA) is 100 Å². The summed E-state index contributed by atoms with van der Waals surface area (Å²) in [7, 11) is 1.76. The highest BCUT2D eigenvalue weighted by Crippen LogP contribution is 2.49. The van der Waals surface area contributed by atoms with Gasteiger partial charge in [-0.25, -0.2) is 18.6 Å². The van der Waals surface area contributed by atoms with Crippen LogP contribution in [-0.4, -0.2) is 58.0 Å². The van der Waals surface area contributed by atoms with Crippen molar-refractivity contribution in [2.45, 2.75) is 51.9 Å². The van der Waals surface area contributed by atoms with Crippen LogP contribution in [0.2, 0.25) is 0 Å². The third-order valence-corrected chi connectivity index (χ3v) is 6.94. The molecular weight excluding hydrogens is 482 g/mol. The van der Waals surface area contributed by atoms with E-state index in [0.717, 1.165) is 10.5 Å². The molecule has 4 rings (SSSR count). The SMILES string of the molecule is C=NN(C)/C=C(\C)c1cc(Oc2ccc(NC(=O)N3CCC4(CCC(F)(F)CC4)C3=O)nc2C)ccn1. The summed E-state index contributed by atoms with van der Waals surface area (Å²) in [6.07, 6.45) is 3.37. The zero-order chi connectivity index (χ0) is 26.8. The Morgan fingerprint density at radius 1 is 1.24 bits per heavy atom. The lowest BCUT2D eigenvalue weighted by molar-refractivity contribution is -0.140. The second-order valence-corrected chi connectivity index (χ2v) is 9.56. The highest BCUT2D eigenvalue weighted by molar-refractivity contribution is 6.04. The van der Waals surface area contributed by atoms with Crippen LogP contribution in [0, 0.1) is 12.3 Å². The summed E-state index contributed by atoms with van der Waals surface area (Å²) in [6, 6.07) is 6.15. The quantitative estimate of drug-likeness (QED) is 0.408. The number of alkyl halides is 2. The second-order valence-electron chi connectivity index (χ2n) is 9.56. The number of likely N-dealkylation sites (tertiary alicyclic amines) is 1. The molecule has 1 saturated carbocycles. The number of carbonyl (C=O) groups is 2. The van der Waals surface area contributed by atoms with Gasteiger partial charge in [0.25, 0.3) is 0 Å². The van der Waals surface area contributed by atoms with Crippen LogP contribution in [-0.2, 0) is 4.79 Å². The molecule has 0 aromatic carbocycles. The number of halogens is 2. The van der Waals surface area contributed by atoms with E-state index in [0.29, 0.717) is 29.3 Å². The first-order valence-electron chi connectivity index (χ1n) is 12.0. The van der Waals surface area contributed by atoms with Crippen molar-refractivity contribution in [2.75, 3.05) is 18.9 Å². The Kier molecular flexibility index (Phi) is 7.24. The fourth-order valence-electron chi connectivity index (χ4n) is 4.68. The molecule has 1 aliphatic carbocycles. The molecule has 9 nitrogen and oxygen atoms in total. The summed E-state index contributed by atoms with van der Waals surface area (Å²) in [5.41, 5.74) is 1.23. The summed E-state index contributed by atoms with van der Waals surface area (Å²) in [6.45, 7) is 7.31. The van der Waals surface area contributed by atoms with Crippen molar-refractivity contribution in [3.8, 4) is 11.5 Å². The molecule has 1 saturated heterocycles. The van der Waals surface area contributed by atoms with Gasteiger partial charge in [0.05, 0.1) is 16.8 Å². The van der Waals surface area contributed by atoms with Gasteiger partial charge in [0.2, 0.25) is 11.8 Å². The van der Waals surface area contributed by atoms with Gasteiger partial charge in [-0.1, -0.05) is 0 Å². The number of allylic oxidation sites excluding steroid dienone is 1. The van der Waals surface area contributed by atoms with Crippen molar-refractivity contribution in [1.29, 1.82) is 0 Å². The highest BCUT2D eigenvalue weighted by Gasteiger charge is 2.53. The summed E-state index contributed by atoms with van der Waals surface area (Å²) in [5.74, 6) is -1.82. The van der Waals surface area contributed by atoms with E-state index in [2.05, 4.69) is 27.1 Å². The molecule has 0 radical (unpaired) electrons. The highest BCUT2D eigenvalue weighted by atomic mass is 19.3. The number of pyridine rings is 2. The van der Waals surface area contributed by atoms with Crippen LogP contribution in [0.5, 0.6) is 11.5 Å². The molecule has 196 valence electrons. The number of anilines is 1. The molecule has 0 unspecified atom stereocenters. The predicted molar refractivity (Wildman–Crippen MR) is 135 cm³/mol. The van der Waals surface area contributed by atoms with Gasteiger partial charge in [0.15, 0.2) is 0 Å². The molecule has 2 aromatic heterocycles. The van der Waals surface area contributed by atoms with E-state index < -0.39 is 17.4 Å². The summed E-state index contributed by atoms with van der Waals surface area (Å²) >= 11 is 0. The van der Waals surface area contributed by atoms with Crippen LogP contribution in [0.4, 0.5) is 19.4 Å². The van der Waals surface area contributed by atoms with Gasteiger partial charge in [0.1, 0.15) is 17.3 Å². The first kappa shape index (κ1) is 26.2. The van der Waals surface area contributed by atoms with Crippen molar-refractivity contribution in [3.63, 3.8) is 0 Å². The Morgan fingerprint density at radius 3 is 2.65 bits per heavy atom. The lowest BCUT2D eigenvalue weighted by Crippen LogP contribution is -2.43. The largest absolute Gasteiger partial charge is 0.455 e. The number of imide groups is 1. The predicted octanol–water partition coefficient (Wildman–Crippen LogP) is 5.45. The van der Waals surface area contributed by atoms with E-state index in [1.54, 1.807) is 55.6 Å². The fourth-order valence-corrected chi connectivity index (χ4v) is 4.68. The maximum absolute atomic E-state index is 13.6. The Labute approximate surface area is 214 Å². The molecule has 3 amide bonds. The number of amides is 3. The van der Waals surface area contributed by atoms with Crippen LogP contribution in [0.15, 0.2) is 41.8 Å². The van der Waals surface area contributed by atoms with E-state index in [1.807, 2.05) is 6.92 Å². The van der Waals surface area contributed by atoms with Crippen molar-refractivity contribution in [1.82, 2.24) is 19.9 Å². The standard InChI is InChI=1S/C26H30F2N6O3/c1-17(16-33(4)29-3)20-15-19(7-13-30-20)37-21-5-6-22(31-18(21)2)32-24(36)34-14-12-25(23(34)35)8-10-26(27,28)11-9-25/h5-7,13,15-16H,3,8-12,14H2,1-2,4H3,(H,31,32,36)/b17-16+. The zero-order valence-corrected chi connectivity index (χ0v) is 21.1. The van der Waals surface area contributed by atoms with Gasteiger partial charge >= 0.3 is 6.03 Å². The van der Waals surface area contributed by atoms with E-state index in [-0.39, 0.29) is 44.0 Å². The third kappa shape index (κ3) is 5.76. The van der Waals surface area contributed by atoms with E-state index >= 15 is 0 Å². The minimum Gasteiger partial charge on any atom is -0.455 e. The number of hydrogen-bond donors (Lipinski definition) is 1. The summed E-state index contributed by atoms with van der Waals surface area (Å²) < 4.78 is 33.2. The second kappa shape index (κ2) is 10.2. The number of urea groups is 1. The van der Waals surface area contributed by atoms with Crippen molar-refractivity contribution < 1.29 is 23.1 Å². The number of carbonyl (C=O) groups excluding carboxylic acids is 2. The van der Waals surface area contributed by atoms with Gasteiger partial charge < -0.3 is 4.74 Å².